The highest BCUT2D eigenvalue weighted by molar-refractivity contribution is 5.89. The molecule has 0 spiro atoms. The van der Waals surface area contributed by atoms with Gasteiger partial charge in [0.15, 0.2) is 18.4 Å². The molecule has 4 heterocycles. The molecule has 12 heteroatoms. The predicted molar refractivity (Wildman–Crippen MR) is 138 cm³/mol. The highest BCUT2D eigenvalue weighted by Crippen LogP contribution is 2.81. The Labute approximate surface area is 240 Å². The Morgan fingerprint density at radius 3 is 2.14 bits per heavy atom. The fourth-order valence-corrected chi connectivity index (χ4v) is 7.68. The Kier molecular flexibility index (Phi) is 6.32. The third-order valence-corrected chi connectivity index (χ3v) is 9.78. The lowest BCUT2D eigenvalue weighted by Gasteiger charge is -2.67. The van der Waals surface area contributed by atoms with E-state index in [4.69, 9.17) is 28.4 Å². The van der Waals surface area contributed by atoms with Crippen LogP contribution in [0.3, 0.4) is 0 Å². The maximum atomic E-state index is 12.9. The van der Waals surface area contributed by atoms with Crippen LogP contribution in [-0.4, -0.2) is 99.6 Å². The van der Waals surface area contributed by atoms with Crippen LogP contribution in [0.2, 0.25) is 0 Å². The van der Waals surface area contributed by atoms with Crippen LogP contribution in [0.5, 0.6) is 0 Å². The Hall–Kier alpha value is -2.94. The summed E-state index contributed by atoms with van der Waals surface area (Å²) in [5.74, 6) is -3.25. The molecule has 4 saturated heterocycles. The van der Waals surface area contributed by atoms with Gasteiger partial charge in [0.2, 0.25) is 0 Å². The van der Waals surface area contributed by atoms with Gasteiger partial charge in [0.25, 0.3) is 0 Å². The van der Waals surface area contributed by atoms with Crippen molar-refractivity contribution in [3.63, 3.8) is 0 Å². The summed E-state index contributed by atoms with van der Waals surface area (Å²) in [7, 11) is 0. The van der Waals surface area contributed by atoms with Crippen LogP contribution in [-0.2, 0) is 28.4 Å². The van der Waals surface area contributed by atoms with Gasteiger partial charge in [-0.05, 0) is 37.6 Å². The summed E-state index contributed by atoms with van der Waals surface area (Å²) in [4.78, 5) is 25.4. The Balaban J connectivity index is 1.13. The number of aliphatic hydroxyl groups excluding tert-OH is 3. The van der Waals surface area contributed by atoms with Gasteiger partial charge >= 0.3 is 11.9 Å². The first kappa shape index (κ1) is 27.9. The molecule has 7 aliphatic rings. The van der Waals surface area contributed by atoms with E-state index in [0.717, 1.165) is 0 Å². The fraction of sp³-hybridized carbons (Fsp3) is 0.533. The van der Waals surface area contributed by atoms with Gasteiger partial charge in [-0.25, -0.2) is 9.59 Å². The zero-order valence-corrected chi connectivity index (χ0v) is 22.7. The first-order chi connectivity index (χ1) is 20.0. The summed E-state index contributed by atoms with van der Waals surface area (Å²) >= 11 is 0. The second kappa shape index (κ2) is 9.53. The number of benzene rings is 2. The van der Waals surface area contributed by atoms with Gasteiger partial charge in [-0.3, -0.25) is 0 Å². The summed E-state index contributed by atoms with van der Waals surface area (Å²) in [5, 5.41) is 43.6. The molecule has 4 aliphatic heterocycles. The molecule has 9 rings (SSSR count). The second-order valence-corrected chi connectivity index (χ2v) is 12.0. The van der Waals surface area contributed by atoms with Gasteiger partial charge in [0.1, 0.15) is 48.8 Å². The molecule has 0 radical (unpaired) electrons. The first-order valence-electron chi connectivity index (χ1n) is 13.9. The van der Waals surface area contributed by atoms with Crippen LogP contribution in [0.4, 0.5) is 0 Å². The van der Waals surface area contributed by atoms with Crippen molar-refractivity contribution in [2.75, 3.05) is 13.2 Å². The van der Waals surface area contributed by atoms with Crippen LogP contribution in [0.1, 0.15) is 40.5 Å². The highest BCUT2D eigenvalue weighted by Gasteiger charge is 2.94. The van der Waals surface area contributed by atoms with Gasteiger partial charge < -0.3 is 48.8 Å². The average molecular weight is 585 g/mol. The van der Waals surface area contributed by atoms with Crippen LogP contribution < -0.4 is 0 Å². The lowest BCUT2D eigenvalue weighted by Crippen LogP contribution is -2.80. The monoisotopic (exact) mass is 584 g/mol. The molecule has 3 aliphatic carbocycles. The topological polar surface area (TPSA) is 170 Å². The molecule has 0 unspecified atom stereocenters. The van der Waals surface area contributed by atoms with Crippen molar-refractivity contribution in [2.45, 2.75) is 73.8 Å². The molecule has 3 saturated carbocycles. The first-order valence-corrected chi connectivity index (χ1v) is 13.9. The zero-order chi connectivity index (χ0) is 29.5. The van der Waals surface area contributed by atoms with Gasteiger partial charge in [0, 0.05) is 12.3 Å². The SMILES string of the molecule is C[C@@]12C[C@]3(O)O[C@H](O1)[C@@]1(COC(=O)c4ccccc4)[C@H]3C[C@@]12O[C@@H]1O[C@H](COC(=O)c2ccccc2)[C@@H](O)[C@H](O)[C@H]1O. The maximum absolute atomic E-state index is 12.9. The van der Waals surface area contributed by atoms with E-state index in [9.17, 15) is 30.0 Å². The normalized spacial score (nSPS) is 44.5. The molecule has 0 aromatic heterocycles. The predicted octanol–water partition coefficient (Wildman–Crippen LogP) is 0.507. The summed E-state index contributed by atoms with van der Waals surface area (Å²) in [5.41, 5.74) is -2.88. The molecule has 7 fully saturated rings. The molecule has 12 nitrogen and oxygen atoms in total. The molecule has 2 aromatic carbocycles. The second-order valence-electron chi connectivity index (χ2n) is 12.0. The Morgan fingerprint density at radius 1 is 0.881 bits per heavy atom. The largest absolute Gasteiger partial charge is 0.461 e. The number of hydrogen-bond acceptors (Lipinski definition) is 12. The van der Waals surface area contributed by atoms with Crippen LogP contribution in [0.25, 0.3) is 0 Å². The summed E-state index contributed by atoms with van der Waals surface area (Å²) in [6.07, 6.45) is -8.34. The molecular formula is C30H32O12. The average Bonchev–Trinajstić information content (AvgIpc) is 3.18. The quantitative estimate of drug-likeness (QED) is 0.318. The van der Waals surface area contributed by atoms with Crippen LogP contribution >= 0.6 is 0 Å². The Morgan fingerprint density at radius 2 is 1.50 bits per heavy atom. The van der Waals surface area contributed by atoms with Crippen molar-refractivity contribution >= 4 is 11.9 Å². The van der Waals surface area contributed by atoms with Crippen molar-refractivity contribution in [3.05, 3.63) is 71.8 Å². The smallest absolute Gasteiger partial charge is 0.338 e. The van der Waals surface area contributed by atoms with Crippen molar-refractivity contribution in [1.82, 2.24) is 0 Å². The number of esters is 2. The fourth-order valence-electron chi connectivity index (χ4n) is 7.68. The van der Waals surface area contributed by atoms with Gasteiger partial charge in [-0.1, -0.05) is 36.4 Å². The number of carbonyl (C=O) groups excluding carboxylic acids is 2. The van der Waals surface area contributed by atoms with Crippen LogP contribution in [0.15, 0.2) is 60.7 Å². The molecule has 224 valence electrons. The van der Waals surface area contributed by atoms with E-state index in [2.05, 4.69) is 0 Å². The van der Waals surface area contributed by atoms with Crippen LogP contribution in [0, 0.1) is 11.3 Å². The minimum Gasteiger partial charge on any atom is -0.461 e. The van der Waals surface area contributed by atoms with E-state index in [1.165, 1.54) is 0 Å². The van der Waals surface area contributed by atoms with Gasteiger partial charge in [0.05, 0.1) is 16.5 Å². The highest BCUT2D eigenvalue weighted by atomic mass is 16.8. The number of hydrogen-bond donors (Lipinski definition) is 4. The standard InChI is InChI=1S/C30H32O12/c1-27-14-29(36)19-12-30(27,28(19,26(41-27)42-29)15-38-24(35)17-10-6-3-7-11-17)40-25-22(33)21(32)20(31)18(39-25)13-37-23(34)16-8-4-2-5-9-16/h2-11,18-22,25-26,31-33,36H,12-15H2,1H3/t18-,19-,20-,21+,22-,25+,26+,27+,28-,29+,30+/m1/s1. The van der Waals surface area contributed by atoms with E-state index in [-0.39, 0.29) is 19.4 Å². The van der Waals surface area contributed by atoms with Gasteiger partial charge in [-0.2, -0.15) is 0 Å². The molecule has 2 aromatic rings. The third-order valence-electron chi connectivity index (χ3n) is 9.78. The third kappa shape index (κ3) is 3.70. The molecule has 4 N–H and O–H groups in total. The Bertz CT molecular complexity index is 1370. The van der Waals surface area contributed by atoms with Crippen molar-refractivity contribution in [3.8, 4) is 0 Å². The van der Waals surface area contributed by atoms with Gasteiger partial charge in [-0.15, -0.1) is 0 Å². The number of ether oxygens (including phenoxy) is 6. The molecule has 6 bridgehead atoms. The molecule has 11 atom stereocenters. The number of carbonyl (C=O) groups is 2. The number of rotatable bonds is 8. The van der Waals surface area contributed by atoms with E-state index in [1.807, 2.05) is 0 Å². The maximum Gasteiger partial charge on any atom is 0.338 e. The minimum atomic E-state index is -1.69. The molecule has 42 heavy (non-hydrogen) atoms. The van der Waals surface area contributed by atoms with Crippen molar-refractivity contribution in [2.24, 2.45) is 11.3 Å². The van der Waals surface area contributed by atoms with Crippen molar-refractivity contribution < 1.29 is 58.4 Å². The van der Waals surface area contributed by atoms with E-state index >= 15 is 0 Å². The lowest BCUT2D eigenvalue weighted by atomic mass is 9.41. The minimum absolute atomic E-state index is 0.0572. The van der Waals surface area contributed by atoms with E-state index in [0.29, 0.717) is 11.1 Å². The lowest BCUT2D eigenvalue weighted by molar-refractivity contribution is -0.424. The van der Waals surface area contributed by atoms with E-state index < -0.39 is 83.9 Å². The molecule has 0 amide bonds. The van der Waals surface area contributed by atoms with E-state index in [1.54, 1.807) is 67.6 Å². The molecular weight excluding hydrogens is 552 g/mol. The number of aliphatic hydroxyl groups is 4. The summed E-state index contributed by atoms with van der Waals surface area (Å²) < 4.78 is 35.7. The van der Waals surface area contributed by atoms with Crippen molar-refractivity contribution in [1.29, 1.82) is 0 Å². The summed E-state index contributed by atoms with van der Waals surface area (Å²) in [6.45, 7) is 1.12. The zero-order valence-electron chi connectivity index (χ0n) is 22.7. The summed E-state index contributed by atoms with van der Waals surface area (Å²) in [6, 6.07) is 16.7.